The molecule has 0 bridgehead atoms. The summed E-state index contributed by atoms with van der Waals surface area (Å²) in [6, 6.07) is 5.11. The molecule has 0 radical (unpaired) electrons. The van der Waals surface area contributed by atoms with Crippen molar-refractivity contribution in [2.24, 2.45) is 0 Å². The average Bonchev–Trinajstić information content (AvgIpc) is 2.45. The molecule has 3 nitrogen and oxygen atoms in total. The number of carbonyl (C=O) groups is 1. The van der Waals surface area contributed by atoms with E-state index in [1.165, 1.54) is 0 Å². The molecule has 1 aromatic carbocycles. The van der Waals surface area contributed by atoms with Gasteiger partial charge in [-0.3, -0.25) is 4.79 Å². The maximum atomic E-state index is 12.5. The molecule has 0 aromatic heterocycles. The Morgan fingerprint density at radius 3 is 2.45 bits per heavy atom. The zero-order valence-corrected chi connectivity index (χ0v) is 14.0. The maximum absolute atomic E-state index is 12.5. The number of halogens is 3. The molecule has 0 atom stereocenters. The van der Waals surface area contributed by atoms with Crippen molar-refractivity contribution in [3.63, 3.8) is 0 Å². The van der Waals surface area contributed by atoms with E-state index in [1.54, 1.807) is 23.1 Å². The quantitative estimate of drug-likeness (QED) is 0.738. The second-order valence-electron chi connectivity index (χ2n) is 4.65. The van der Waals surface area contributed by atoms with Gasteiger partial charge < -0.3 is 9.64 Å². The molecule has 110 valence electrons. The van der Waals surface area contributed by atoms with Gasteiger partial charge in [0.1, 0.15) is 0 Å². The lowest BCUT2D eigenvalue weighted by atomic mass is 10.1. The van der Waals surface area contributed by atoms with Crippen LogP contribution in [0.4, 0.5) is 0 Å². The molecule has 1 fully saturated rings. The lowest BCUT2D eigenvalue weighted by Gasteiger charge is -2.32. The molecule has 1 amide bonds. The molecular weight excluding hydrogens is 365 g/mol. The zero-order valence-electron chi connectivity index (χ0n) is 10.9. The van der Waals surface area contributed by atoms with Gasteiger partial charge in [0.15, 0.2) is 0 Å². The van der Waals surface area contributed by atoms with E-state index in [4.69, 9.17) is 27.9 Å². The number of ether oxygens (including phenoxy) is 1. The molecule has 0 N–H and O–H groups in total. The summed E-state index contributed by atoms with van der Waals surface area (Å²) in [4.78, 5) is 14.3. The second kappa shape index (κ2) is 7.64. The molecule has 20 heavy (non-hydrogen) atoms. The van der Waals surface area contributed by atoms with Gasteiger partial charge in [0.2, 0.25) is 0 Å². The van der Waals surface area contributed by atoms with Gasteiger partial charge >= 0.3 is 0 Å². The highest BCUT2D eigenvalue weighted by molar-refractivity contribution is 9.09. The van der Waals surface area contributed by atoms with Crippen molar-refractivity contribution in [3.05, 3.63) is 33.8 Å². The first-order valence-corrected chi connectivity index (χ1v) is 8.42. The molecule has 0 aliphatic carbocycles. The monoisotopic (exact) mass is 379 g/mol. The van der Waals surface area contributed by atoms with Crippen LogP contribution in [0.2, 0.25) is 10.0 Å². The van der Waals surface area contributed by atoms with Crippen molar-refractivity contribution in [2.45, 2.75) is 18.9 Å². The fraction of sp³-hybridized carbons (Fsp3) is 0.500. The Morgan fingerprint density at radius 2 is 1.90 bits per heavy atom. The van der Waals surface area contributed by atoms with E-state index in [-0.39, 0.29) is 12.0 Å². The number of alkyl halides is 1. The van der Waals surface area contributed by atoms with E-state index in [1.807, 2.05) is 0 Å². The summed E-state index contributed by atoms with van der Waals surface area (Å²) < 4.78 is 5.68. The summed E-state index contributed by atoms with van der Waals surface area (Å²) in [5, 5.41) is 1.64. The molecule has 1 saturated heterocycles. The van der Waals surface area contributed by atoms with E-state index in [0.29, 0.717) is 35.3 Å². The molecule has 6 heteroatoms. The van der Waals surface area contributed by atoms with E-state index >= 15 is 0 Å². The number of benzene rings is 1. The van der Waals surface area contributed by atoms with Gasteiger partial charge in [-0.2, -0.15) is 0 Å². The van der Waals surface area contributed by atoms with Crippen molar-refractivity contribution >= 4 is 45.0 Å². The number of amides is 1. The number of likely N-dealkylation sites (tertiary alicyclic amines) is 1. The average molecular weight is 381 g/mol. The first-order chi connectivity index (χ1) is 9.63. The van der Waals surface area contributed by atoms with E-state index in [9.17, 15) is 4.79 Å². The molecule has 0 saturated carbocycles. The van der Waals surface area contributed by atoms with Crippen LogP contribution in [-0.4, -0.2) is 41.9 Å². The Hall–Kier alpha value is -0.290. The summed E-state index contributed by atoms with van der Waals surface area (Å²) in [7, 11) is 0. The summed E-state index contributed by atoms with van der Waals surface area (Å²) >= 11 is 15.5. The van der Waals surface area contributed by atoms with Gasteiger partial charge in [-0.05, 0) is 25.0 Å². The molecule has 1 aliphatic rings. The molecular formula is C14H16BrCl2NO2. The topological polar surface area (TPSA) is 29.5 Å². The van der Waals surface area contributed by atoms with Crippen LogP contribution in [0.25, 0.3) is 0 Å². The number of nitrogens with zero attached hydrogens (tertiary/aromatic N) is 1. The third kappa shape index (κ3) is 3.88. The molecule has 1 heterocycles. The van der Waals surface area contributed by atoms with Crippen LogP contribution in [0.15, 0.2) is 18.2 Å². The highest BCUT2D eigenvalue weighted by Crippen LogP contribution is 2.27. The van der Waals surface area contributed by atoms with Gasteiger partial charge in [-0.25, -0.2) is 0 Å². The Balaban J connectivity index is 1.98. The fourth-order valence-electron chi connectivity index (χ4n) is 2.30. The smallest absolute Gasteiger partial charge is 0.256 e. The molecule has 1 aliphatic heterocycles. The van der Waals surface area contributed by atoms with Crippen molar-refractivity contribution < 1.29 is 9.53 Å². The van der Waals surface area contributed by atoms with Crippen molar-refractivity contribution in [2.75, 3.05) is 25.0 Å². The van der Waals surface area contributed by atoms with Crippen molar-refractivity contribution in [1.82, 2.24) is 4.90 Å². The normalized spacial score (nSPS) is 16.4. The van der Waals surface area contributed by atoms with Crippen molar-refractivity contribution in [3.8, 4) is 0 Å². The first kappa shape index (κ1) is 16.1. The predicted octanol–water partition coefficient (Wildman–Crippen LogP) is 4.01. The highest BCUT2D eigenvalue weighted by atomic mass is 79.9. The summed E-state index contributed by atoms with van der Waals surface area (Å²) in [5.74, 6) is -0.0976. The fourth-order valence-corrected chi connectivity index (χ4v) is 3.04. The number of carbonyl (C=O) groups excluding carboxylic acids is 1. The van der Waals surface area contributed by atoms with Gasteiger partial charge in [0.05, 0.1) is 28.3 Å². The van der Waals surface area contributed by atoms with Gasteiger partial charge in [-0.1, -0.05) is 45.2 Å². The van der Waals surface area contributed by atoms with Crippen LogP contribution >= 0.6 is 39.1 Å². The summed E-state index contributed by atoms with van der Waals surface area (Å²) in [5.41, 5.74) is 0.399. The largest absolute Gasteiger partial charge is 0.377 e. The molecule has 0 spiro atoms. The van der Waals surface area contributed by atoms with Crippen LogP contribution < -0.4 is 0 Å². The standard InChI is InChI=1S/C14H16BrCl2NO2/c15-6-9-20-10-4-7-18(8-5-10)14(19)13-11(16)2-1-3-12(13)17/h1-3,10H,4-9H2. The van der Waals surface area contributed by atoms with Crippen LogP contribution in [0, 0.1) is 0 Å². The second-order valence-corrected chi connectivity index (χ2v) is 6.26. The van der Waals surface area contributed by atoms with Crippen LogP contribution in [0.3, 0.4) is 0 Å². The van der Waals surface area contributed by atoms with E-state index in [0.717, 1.165) is 18.2 Å². The minimum atomic E-state index is -0.0976. The van der Waals surface area contributed by atoms with Gasteiger partial charge in [-0.15, -0.1) is 0 Å². The minimum Gasteiger partial charge on any atom is -0.377 e. The highest BCUT2D eigenvalue weighted by Gasteiger charge is 2.26. The molecule has 1 aromatic rings. The Morgan fingerprint density at radius 1 is 1.30 bits per heavy atom. The third-order valence-electron chi connectivity index (χ3n) is 3.34. The van der Waals surface area contributed by atoms with Crippen molar-refractivity contribution in [1.29, 1.82) is 0 Å². The lowest BCUT2D eigenvalue weighted by Crippen LogP contribution is -2.41. The first-order valence-electron chi connectivity index (χ1n) is 6.54. The van der Waals surface area contributed by atoms with Gasteiger partial charge in [0, 0.05) is 18.4 Å². The van der Waals surface area contributed by atoms with Crippen LogP contribution in [0.5, 0.6) is 0 Å². The summed E-state index contributed by atoms with van der Waals surface area (Å²) in [6.07, 6.45) is 1.93. The number of rotatable bonds is 4. The SMILES string of the molecule is O=C(c1c(Cl)cccc1Cl)N1CCC(OCCBr)CC1. The predicted molar refractivity (Wildman–Crippen MR) is 85.1 cm³/mol. The van der Waals surface area contributed by atoms with Gasteiger partial charge in [0.25, 0.3) is 5.91 Å². The molecule has 0 unspecified atom stereocenters. The number of piperidine rings is 1. The zero-order chi connectivity index (χ0) is 14.5. The van der Waals surface area contributed by atoms with E-state index in [2.05, 4.69) is 15.9 Å². The van der Waals surface area contributed by atoms with Crippen LogP contribution in [0.1, 0.15) is 23.2 Å². The maximum Gasteiger partial charge on any atom is 0.256 e. The third-order valence-corrected chi connectivity index (χ3v) is 4.29. The Kier molecular flexibility index (Phi) is 6.15. The Bertz CT molecular complexity index is 456. The Labute approximate surface area is 137 Å². The lowest BCUT2D eigenvalue weighted by molar-refractivity contribution is 0.0160. The van der Waals surface area contributed by atoms with Crippen LogP contribution in [-0.2, 0) is 4.74 Å². The summed E-state index contributed by atoms with van der Waals surface area (Å²) in [6.45, 7) is 2.05. The van der Waals surface area contributed by atoms with E-state index < -0.39 is 0 Å². The number of hydrogen-bond acceptors (Lipinski definition) is 2. The number of hydrogen-bond donors (Lipinski definition) is 0. The minimum absolute atomic E-state index is 0.0976. The molecule has 2 rings (SSSR count).